The van der Waals surface area contributed by atoms with Gasteiger partial charge in [0.1, 0.15) is 5.75 Å². The normalized spacial score (nSPS) is 10.5. The summed E-state index contributed by atoms with van der Waals surface area (Å²) < 4.78 is 6.18. The number of carbonyl (C=O) groups is 1. The molecule has 1 aromatic heterocycles. The molecule has 0 N–H and O–H groups in total. The smallest absolute Gasteiger partial charge is 0.222 e. The monoisotopic (exact) mass is 401 g/mol. The number of hydrogen-bond acceptors (Lipinski definition) is 3. The van der Waals surface area contributed by atoms with Crippen molar-refractivity contribution in [1.29, 1.82) is 0 Å². The maximum atomic E-state index is 12.2. The first-order chi connectivity index (χ1) is 10.5. The van der Waals surface area contributed by atoms with Crippen molar-refractivity contribution < 1.29 is 9.53 Å². The number of benzene rings is 1. The van der Waals surface area contributed by atoms with Crippen molar-refractivity contribution in [1.82, 2.24) is 4.90 Å². The molecular formula is C16H17BrClNO2S. The van der Waals surface area contributed by atoms with Crippen LogP contribution in [0.1, 0.15) is 16.9 Å². The molecule has 0 saturated carbocycles. The molecule has 0 aliphatic carbocycles. The van der Waals surface area contributed by atoms with Gasteiger partial charge in [-0.2, -0.15) is 0 Å². The van der Waals surface area contributed by atoms with E-state index in [2.05, 4.69) is 15.9 Å². The van der Waals surface area contributed by atoms with E-state index in [1.807, 2.05) is 36.7 Å². The first-order valence-corrected chi connectivity index (χ1v) is 8.84. The molecule has 0 unspecified atom stereocenters. The zero-order chi connectivity index (χ0) is 16.1. The Morgan fingerprint density at radius 1 is 1.41 bits per heavy atom. The van der Waals surface area contributed by atoms with Crippen LogP contribution in [-0.2, 0) is 17.8 Å². The molecule has 0 bridgehead atoms. The second-order valence-corrected chi connectivity index (χ2v) is 7.27. The Kier molecular flexibility index (Phi) is 6.29. The summed E-state index contributed by atoms with van der Waals surface area (Å²) in [5, 5.41) is 2.59. The van der Waals surface area contributed by atoms with Crippen LogP contribution < -0.4 is 4.74 Å². The highest BCUT2D eigenvalue weighted by molar-refractivity contribution is 9.10. The summed E-state index contributed by atoms with van der Waals surface area (Å²) in [6.45, 7) is 0.637. The molecule has 0 fully saturated rings. The molecule has 118 valence electrons. The molecule has 6 heteroatoms. The molecule has 0 radical (unpaired) electrons. The van der Waals surface area contributed by atoms with Gasteiger partial charge in [-0.05, 0) is 46.1 Å². The molecule has 2 aromatic rings. The maximum Gasteiger partial charge on any atom is 0.222 e. The van der Waals surface area contributed by atoms with Crippen LogP contribution in [0.25, 0.3) is 0 Å². The zero-order valence-electron chi connectivity index (χ0n) is 12.4. The van der Waals surface area contributed by atoms with Gasteiger partial charge in [0.05, 0.1) is 18.7 Å². The van der Waals surface area contributed by atoms with Gasteiger partial charge in [0.15, 0.2) is 0 Å². The lowest BCUT2D eigenvalue weighted by molar-refractivity contribution is -0.130. The van der Waals surface area contributed by atoms with E-state index in [4.69, 9.17) is 16.3 Å². The van der Waals surface area contributed by atoms with Gasteiger partial charge in [0.25, 0.3) is 0 Å². The molecule has 1 amide bonds. The average molecular weight is 403 g/mol. The topological polar surface area (TPSA) is 29.5 Å². The number of aryl methyl sites for hydroxylation is 1. The number of halogens is 2. The molecule has 0 aliphatic rings. The van der Waals surface area contributed by atoms with Crippen LogP contribution in [-0.4, -0.2) is 25.0 Å². The van der Waals surface area contributed by atoms with Gasteiger partial charge in [-0.15, -0.1) is 11.3 Å². The molecule has 3 nitrogen and oxygen atoms in total. The van der Waals surface area contributed by atoms with Gasteiger partial charge < -0.3 is 9.64 Å². The third-order valence-electron chi connectivity index (χ3n) is 3.28. The zero-order valence-corrected chi connectivity index (χ0v) is 15.6. The summed E-state index contributed by atoms with van der Waals surface area (Å²) in [5.74, 6) is 0.772. The molecule has 0 saturated heterocycles. The molecule has 1 heterocycles. The van der Waals surface area contributed by atoms with Crippen LogP contribution in [0.4, 0.5) is 0 Å². The van der Waals surface area contributed by atoms with E-state index in [1.165, 1.54) is 0 Å². The lowest BCUT2D eigenvalue weighted by Gasteiger charge is -2.16. The van der Waals surface area contributed by atoms with Crippen LogP contribution in [0.5, 0.6) is 5.75 Å². The van der Waals surface area contributed by atoms with Crippen LogP contribution in [0.2, 0.25) is 5.02 Å². The van der Waals surface area contributed by atoms with Crippen molar-refractivity contribution in [2.75, 3.05) is 14.2 Å². The summed E-state index contributed by atoms with van der Waals surface area (Å²) in [7, 11) is 3.42. The second kappa shape index (κ2) is 7.99. The lowest BCUT2D eigenvalue weighted by atomic mass is 10.1. The van der Waals surface area contributed by atoms with Gasteiger partial charge in [0.2, 0.25) is 5.91 Å². The molecule has 0 spiro atoms. The summed E-state index contributed by atoms with van der Waals surface area (Å²) in [4.78, 5) is 15.1. The van der Waals surface area contributed by atoms with E-state index in [-0.39, 0.29) is 5.91 Å². The number of ether oxygens (including phenoxy) is 1. The van der Waals surface area contributed by atoms with Gasteiger partial charge in [-0.3, -0.25) is 4.79 Å². The highest BCUT2D eigenvalue weighted by Crippen LogP contribution is 2.25. The molecule has 22 heavy (non-hydrogen) atoms. The number of hydrogen-bond donors (Lipinski definition) is 0. The highest BCUT2D eigenvalue weighted by atomic mass is 79.9. The molecule has 2 rings (SSSR count). The SMILES string of the molecule is COc1ccc(CCC(=O)N(C)Cc2cc(Br)cs2)cc1Cl. The minimum atomic E-state index is 0.122. The second-order valence-electron chi connectivity index (χ2n) is 4.95. The largest absolute Gasteiger partial charge is 0.495 e. The molecule has 0 aliphatic heterocycles. The minimum absolute atomic E-state index is 0.122. The maximum absolute atomic E-state index is 12.2. The number of methoxy groups -OCH3 is 1. The average Bonchev–Trinajstić information content (AvgIpc) is 2.90. The summed E-state index contributed by atoms with van der Waals surface area (Å²) in [5.41, 5.74) is 1.03. The number of nitrogens with zero attached hydrogens (tertiary/aromatic N) is 1. The number of carbonyl (C=O) groups excluding carboxylic acids is 1. The summed E-state index contributed by atoms with van der Waals surface area (Å²) >= 11 is 11.2. The van der Waals surface area contributed by atoms with E-state index >= 15 is 0 Å². The highest BCUT2D eigenvalue weighted by Gasteiger charge is 2.11. The number of rotatable bonds is 6. The Hall–Kier alpha value is -1.04. The van der Waals surface area contributed by atoms with Crippen molar-refractivity contribution in [2.24, 2.45) is 0 Å². The van der Waals surface area contributed by atoms with Crippen molar-refractivity contribution in [3.63, 3.8) is 0 Å². The lowest BCUT2D eigenvalue weighted by Crippen LogP contribution is -2.25. The van der Waals surface area contributed by atoms with Crippen molar-refractivity contribution in [3.05, 3.63) is 49.6 Å². The quantitative estimate of drug-likeness (QED) is 0.697. The van der Waals surface area contributed by atoms with E-state index in [0.29, 0.717) is 30.2 Å². The Bertz CT molecular complexity index is 659. The molecule has 0 atom stereocenters. The standard InChI is InChI=1S/C16H17BrClNO2S/c1-19(9-13-8-12(17)10-22-13)16(20)6-4-11-3-5-15(21-2)14(18)7-11/h3,5,7-8,10H,4,6,9H2,1-2H3. The van der Waals surface area contributed by atoms with Crippen LogP contribution in [0.15, 0.2) is 34.1 Å². The first-order valence-electron chi connectivity index (χ1n) is 6.79. The van der Waals surface area contributed by atoms with Crippen molar-refractivity contribution in [3.8, 4) is 5.75 Å². The third kappa shape index (κ3) is 4.73. The predicted octanol–water partition coefficient (Wildman–Crippen LogP) is 4.76. The van der Waals surface area contributed by atoms with E-state index in [9.17, 15) is 4.79 Å². The number of thiophene rings is 1. The van der Waals surface area contributed by atoms with Crippen molar-refractivity contribution in [2.45, 2.75) is 19.4 Å². The minimum Gasteiger partial charge on any atom is -0.495 e. The fourth-order valence-corrected chi connectivity index (χ4v) is 3.85. The summed E-state index contributed by atoms with van der Waals surface area (Å²) in [6.07, 6.45) is 1.13. The van der Waals surface area contributed by atoms with Crippen LogP contribution in [0.3, 0.4) is 0 Å². The van der Waals surface area contributed by atoms with Crippen molar-refractivity contribution >= 4 is 44.8 Å². The fraction of sp³-hybridized carbons (Fsp3) is 0.312. The van der Waals surface area contributed by atoms with Gasteiger partial charge in [0, 0.05) is 28.2 Å². The van der Waals surface area contributed by atoms with Crippen LogP contribution >= 0.6 is 38.9 Å². The Labute approximate surface area is 148 Å². The van der Waals surface area contributed by atoms with Gasteiger partial charge in [-0.1, -0.05) is 17.7 Å². The van der Waals surface area contributed by atoms with Crippen LogP contribution in [0, 0.1) is 0 Å². The van der Waals surface area contributed by atoms with E-state index in [0.717, 1.165) is 14.9 Å². The first kappa shape index (κ1) is 17.3. The van der Waals surface area contributed by atoms with E-state index < -0.39 is 0 Å². The Morgan fingerprint density at radius 2 is 2.18 bits per heavy atom. The number of amides is 1. The summed E-state index contributed by atoms with van der Waals surface area (Å²) in [6, 6.07) is 7.66. The fourth-order valence-electron chi connectivity index (χ4n) is 2.07. The van der Waals surface area contributed by atoms with E-state index in [1.54, 1.807) is 23.3 Å². The molecule has 1 aromatic carbocycles. The predicted molar refractivity (Wildman–Crippen MR) is 94.8 cm³/mol. The molecular weight excluding hydrogens is 386 g/mol. The third-order valence-corrected chi connectivity index (χ3v) is 5.26. The van der Waals surface area contributed by atoms with Gasteiger partial charge in [-0.25, -0.2) is 0 Å². The Balaban J connectivity index is 1.87. The Morgan fingerprint density at radius 3 is 2.77 bits per heavy atom. The van der Waals surface area contributed by atoms with Gasteiger partial charge >= 0.3 is 0 Å².